The summed E-state index contributed by atoms with van der Waals surface area (Å²) in [6.45, 7) is 0.868. The molecule has 5 heteroatoms. The first-order valence-electron chi connectivity index (χ1n) is 9.13. The van der Waals surface area contributed by atoms with Gasteiger partial charge >= 0.3 is 5.97 Å². The molecular weight excluding hydrogens is 342 g/mol. The molecule has 27 heavy (non-hydrogen) atoms. The fraction of sp³-hybridized carbons (Fsp3) is 0.318. The topological polar surface area (TPSA) is 74.7 Å². The number of likely N-dealkylation sites (tertiary alicyclic amines) is 1. The van der Waals surface area contributed by atoms with Gasteiger partial charge < -0.3 is 14.8 Å². The van der Waals surface area contributed by atoms with Gasteiger partial charge in [0.2, 0.25) is 5.91 Å². The Bertz CT molecular complexity index is 806. The second kappa shape index (κ2) is 8.16. The molecule has 1 amide bonds. The van der Waals surface area contributed by atoms with Gasteiger partial charge in [0.1, 0.15) is 6.29 Å². The van der Waals surface area contributed by atoms with Crippen LogP contribution in [0.4, 0.5) is 0 Å². The van der Waals surface area contributed by atoms with Crippen molar-refractivity contribution < 1.29 is 19.5 Å². The second-order valence-electron chi connectivity index (χ2n) is 7.00. The summed E-state index contributed by atoms with van der Waals surface area (Å²) < 4.78 is 0. The molecule has 0 aliphatic carbocycles. The number of piperidine rings is 1. The van der Waals surface area contributed by atoms with Gasteiger partial charge in [0.25, 0.3) is 0 Å². The first-order chi connectivity index (χ1) is 13.0. The molecule has 1 N–H and O–H groups in total. The van der Waals surface area contributed by atoms with Gasteiger partial charge in [-0.25, -0.2) is 0 Å². The molecule has 3 rings (SSSR count). The van der Waals surface area contributed by atoms with E-state index in [0.717, 1.165) is 23.0 Å². The fourth-order valence-electron chi connectivity index (χ4n) is 3.70. The van der Waals surface area contributed by atoms with Crippen LogP contribution >= 0.6 is 0 Å². The highest BCUT2D eigenvalue weighted by Crippen LogP contribution is 2.36. The monoisotopic (exact) mass is 365 g/mol. The quantitative estimate of drug-likeness (QED) is 0.799. The molecule has 2 aromatic rings. The smallest absolute Gasteiger partial charge is 0.314 e. The molecule has 1 saturated heterocycles. The van der Waals surface area contributed by atoms with Gasteiger partial charge in [0.15, 0.2) is 0 Å². The van der Waals surface area contributed by atoms with E-state index in [-0.39, 0.29) is 12.3 Å². The number of nitrogens with zero attached hydrogens (tertiary/aromatic N) is 1. The van der Waals surface area contributed by atoms with Crippen molar-refractivity contribution in [1.82, 2.24) is 4.90 Å². The Morgan fingerprint density at radius 3 is 2.11 bits per heavy atom. The molecule has 140 valence electrons. The third-order valence-electron chi connectivity index (χ3n) is 5.40. The first kappa shape index (κ1) is 18.8. The van der Waals surface area contributed by atoms with Gasteiger partial charge in [-0.2, -0.15) is 0 Å². The lowest BCUT2D eigenvalue weighted by Crippen LogP contribution is -2.49. The number of carbonyl (C=O) groups is 3. The van der Waals surface area contributed by atoms with E-state index in [9.17, 15) is 19.5 Å². The van der Waals surface area contributed by atoms with Crippen LogP contribution in [0.5, 0.6) is 0 Å². The molecule has 1 heterocycles. The zero-order valence-corrected chi connectivity index (χ0v) is 15.1. The highest BCUT2D eigenvalue weighted by atomic mass is 16.4. The van der Waals surface area contributed by atoms with Gasteiger partial charge in [-0.15, -0.1) is 0 Å². The molecule has 1 fully saturated rings. The molecule has 0 atom stereocenters. The molecule has 0 saturated carbocycles. The zero-order chi connectivity index (χ0) is 19.3. The van der Waals surface area contributed by atoms with E-state index in [2.05, 4.69) is 0 Å². The molecule has 2 aromatic carbocycles. The lowest BCUT2D eigenvalue weighted by atomic mass is 9.73. The minimum Gasteiger partial charge on any atom is -0.481 e. The molecule has 0 aromatic heterocycles. The lowest BCUT2D eigenvalue weighted by Gasteiger charge is -2.39. The molecule has 0 radical (unpaired) electrons. The van der Waals surface area contributed by atoms with Crippen LogP contribution in [-0.2, 0) is 32.6 Å². The summed E-state index contributed by atoms with van der Waals surface area (Å²) in [6, 6.07) is 16.7. The first-order valence-corrected chi connectivity index (χ1v) is 9.13. The number of hydrogen-bond acceptors (Lipinski definition) is 3. The molecule has 0 unspecified atom stereocenters. The highest BCUT2D eigenvalue weighted by Gasteiger charge is 2.43. The largest absolute Gasteiger partial charge is 0.481 e. The Hall–Kier alpha value is -2.95. The van der Waals surface area contributed by atoms with E-state index < -0.39 is 11.4 Å². The Labute approximate surface area is 158 Å². The standard InChI is InChI=1S/C22H23NO4/c24-15-10-17-6-8-18(9-7-17)16-20(25)23-13-11-22(12-14-23,21(26)27)19-4-2-1-3-5-19/h1-9,15H,10-14,16H2,(H,26,27). The van der Waals surface area contributed by atoms with E-state index in [4.69, 9.17) is 0 Å². The normalized spacial score (nSPS) is 15.9. The summed E-state index contributed by atoms with van der Waals surface area (Å²) in [4.78, 5) is 36.9. The summed E-state index contributed by atoms with van der Waals surface area (Å²) in [7, 11) is 0. The maximum Gasteiger partial charge on any atom is 0.314 e. The highest BCUT2D eigenvalue weighted by molar-refractivity contribution is 5.83. The van der Waals surface area contributed by atoms with Gasteiger partial charge in [-0.3, -0.25) is 9.59 Å². The van der Waals surface area contributed by atoms with Crippen LogP contribution in [0.1, 0.15) is 29.5 Å². The van der Waals surface area contributed by atoms with Crippen molar-refractivity contribution in [2.24, 2.45) is 0 Å². The third kappa shape index (κ3) is 4.08. The van der Waals surface area contributed by atoms with Crippen LogP contribution in [0.2, 0.25) is 0 Å². The Morgan fingerprint density at radius 2 is 1.56 bits per heavy atom. The number of carboxylic acid groups (broad SMARTS) is 1. The average molecular weight is 365 g/mol. The Morgan fingerprint density at radius 1 is 0.963 bits per heavy atom. The van der Waals surface area contributed by atoms with Crippen LogP contribution in [0, 0.1) is 0 Å². The van der Waals surface area contributed by atoms with Crippen molar-refractivity contribution in [2.75, 3.05) is 13.1 Å². The van der Waals surface area contributed by atoms with Gasteiger partial charge in [0.05, 0.1) is 11.8 Å². The van der Waals surface area contributed by atoms with Crippen molar-refractivity contribution in [3.05, 3.63) is 71.3 Å². The average Bonchev–Trinajstić information content (AvgIpc) is 2.70. The van der Waals surface area contributed by atoms with Gasteiger partial charge in [0, 0.05) is 19.5 Å². The maximum atomic E-state index is 12.6. The minimum absolute atomic E-state index is 0.00480. The van der Waals surface area contributed by atoms with E-state index in [1.54, 1.807) is 4.90 Å². The molecule has 5 nitrogen and oxygen atoms in total. The number of carbonyl (C=O) groups excluding carboxylic acids is 2. The van der Waals surface area contributed by atoms with Crippen LogP contribution in [0.25, 0.3) is 0 Å². The molecule has 0 bridgehead atoms. The number of hydrogen-bond donors (Lipinski definition) is 1. The van der Waals surface area contributed by atoms with E-state index in [1.807, 2.05) is 54.6 Å². The minimum atomic E-state index is -0.922. The Balaban J connectivity index is 1.64. The zero-order valence-electron chi connectivity index (χ0n) is 15.1. The molecule has 0 spiro atoms. The van der Waals surface area contributed by atoms with Crippen LogP contribution in [-0.4, -0.2) is 41.3 Å². The van der Waals surface area contributed by atoms with Crippen LogP contribution in [0.15, 0.2) is 54.6 Å². The Kier molecular flexibility index (Phi) is 5.69. The summed E-state index contributed by atoms with van der Waals surface area (Å²) in [5.74, 6) is -0.822. The second-order valence-corrected chi connectivity index (χ2v) is 7.00. The number of aldehydes is 1. The predicted octanol–water partition coefficient (Wildman–Crippen LogP) is 2.62. The van der Waals surface area contributed by atoms with Gasteiger partial charge in [-0.1, -0.05) is 54.6 Å². The number of aliphatic carboxylic acids is 1. The fourth-order valence-corrected chi connectivity index (χ4v) is 3.70. The van der Waals surface area contributed by atoms with Crippen molar-refractivity contribution in [3.8, 4) is 0 Å². The molecule has 1 aliphatic heterocycles. The number of carboxylic acids is 1. The van der Waals surface area contributed by atoms with Crippen molar-refractivity contribution in [3.63, 3.8) is 0 Å². The van der Waals surface area contributed by atoms with Crippen molar-refractivity contribution in [1.29, 1.82) is 0 Å². The van der Waals surface area contributed by atoms with Crippen LogP contribution in [0.3, 0.4) is 0 Å². The molecule has 1 aliphatic rings. The summed E-state index contributed by atoms with van der Waals surface area (Å²) in [5, 5.41) is 9.84. The summed E-state index contributed by atoms with van der Waals surface area (Å²) in [5.41, 5.74) is 1.70. The third-order valence-corrected chi connectivity index (χ3v) is 5.40. The number of amides is 1. The van der Waals surface area contributed by atoms with E-state index >= 15 is 0 Å². The SMILES string of the molecule is O=CCc1ccc(CC(=O)N2CCC(C(=O)O)(c3ccccc3)CC2)cc1. The number of rotatable bonds is 6. The van der Waals surface area contributed by atoms with Crippen LogP contribution < -0.4 is 0 Å². The van der Waals surface area contributed by atoms with E-state index in [0.29, 0.717) is 32.4 Å². The summed E-state index contributed by atoms with van der Waals surface area (Å²) in [6.07, 6.45) is 2.34. The molecular formula is C22H23NO4. The number of benzene rings is 2. The van der Waals surface area contributed by atoms with E-state index in [1.165, 1.54) is 0 Å². The van der Waals surface area contributed by atoms with Gasteiger partial charge in [-0.05, 0) is 29.5 Å². The maximum absolute atomic E-state index is 12.6. The van der Waals surface area contributed by atoms with Crippen molar-refractivity contribution >= 4 is 18.2 Å². The summed E-state index contributed by atoms with van der Waals surface area (Å²) >= 11 is 0. The van der Waals surface area contributed by atoms with Crippen molar-refractivity contribution in [2.45, 2.75) is 31.1 Å². The lowest BCUT2D eigenvalue weighted by molar-refractivity contribution is -0.148. The predicted molar refractivity (Wildman–Crippen MR) is 101 cm³/mol.